The first-order chi connectivity index (χ1) is 9.13. The van der Waals surface area contributed by atoms with Crippen molar-refractivity contribution in [3.63, 3.8) is 0 Å². The fourth-order valence-corrected chi connectivity index (χ4v) is 2.67. The van der Waals surface area contributed by atoms with Gasteiger partial charge in [-0.1, -0.05) is 19.1 Å². The van der Waals surface area contributed by atoms with Crippen LogP contribution in [0, 0.1) is 5.92 Å². The topological polar surface area (TPSA) is 50.4 Å². The molecule has 4 heteroatoms. The minimum absolute atomic E-state index is 0.0650. The van der Waals surface area contributed by atoms with Crippen LogP contribution in [0.25, 0.3) is 0 Å². The number of piperidine rings is 1. The summed E-state index contributed by atoms with van der Waals surface area (Å²) >= 11 is 0. The van der Waals surface area contributed by atoms with Crippen LogP contribution in [0.1, 0.15) is 30.6 Å². The molecule has 0 spiro atoms. The van der Waals surface area contributed by atoms with E-state index in [1.54, 1.807) is 19.2 Å². The normalized spacial score (nSPS) is 26.8. The van der Waals surface area contributed by atoms with Gasteiger partial charge in [-0.2, -0.15) is 0 Å². The number of hydrogen-bond acceptors (Lipinski definition) is 3. The van der Waals surface area contributed by atoms with Gasteiger partial charge in [0.2, 0.25) is 0 Å². The fraction of sp³-hybridized carbons (Fsp3) is 0.533. The zero-order valence-corrected chi connectivity index (χ0v) is 11.8. The van der Waals surface area contributed by atoms with E-state index in [0.717, 1.165) is 13.0 Å². The molecule has 1 aromatic rings. The number of para-hydroxylation sites is 1. The van der Waals surface area contributed by atoms with Crippen LogP contribution in [0.15, 0.2) is 24.3 Å². The van der Waals surface area contributed by atoms with Gasteiger partial charge in [0, 0.05) is 12.1 Å². The molecular weight excluding hydrogens is 240 g/mol. The van der Waals surface area contributed by atoms with Crippen molar-refractivity contribution < 1.29 is 9.53 Å². The summed E-state index contributed by atoms with van der Waals surface area (Å²) in [5.41, 5.74) is 0.593. The lowest BCUT2D eigenvalue weighted by atomic mass is 9.89. The Labute approximate surface area is 114 Å². The van der Waals surface area contributed by atoms with E-state index in [4.69, 9.17) is 4.74 Å². The third-order valence-electron chi connectivity index (χ3n) is 3.87. The smallest absolute Gasteiger partial charge is 0.255 e. The molecule has 3 atom stereocenters. The van der Waals surface area contributed by atoms with Gasteiger partial charge in [0.1, 0.15) is 5.75 Å². The van der Waals surface area contributed by atoms with E-state index in [9.17, 15) is 4.79 Å². The van der Waals surface area contributed by atoms with E-state index in [0.29, 0.717) is 23.3 Å². The molecule has 0 radical (unpaired) electrons. The van der Waals surface area contributed by atoms with Crippen molar-refractivity contribution in [1.29, 1.82) is 0 Å². The summed E-state index contributed by atoms with van der Waals surface area (Å²) in [6.07, 6.45) is 1.08. The highest BCUT2D eigenvalue weighted by atomic mass is 16.5. The standard InChI is InChI=1S/C15H22N2O2/c1-10-8-9-16-11(2)14(10)17-15(18)12-6-4-5-7-13(12)19-3/h4-7,10-11,14,16H,8-9H2,1-3H3,(H,17,18). The lowest BCUT2D eigenvalue weighted by Gasteiger charge is -2.36. The predicted molar refractivity (Wildman–Crippen MR) is 75.5 cm³/mol. The Kier molecular flexibility index (Phi) is 4.43. The lowest BCUT2D eigenvalue weighted by Crippen LogP contribution is -2.55. The van der Waals surface area contributed by atoms with Gasteiger partial charge in [-0.3, -0.25) is 4.79 Å². The quantitative estimate of drug-likeness (QED) is 0.873. The number of methoxy groups -OCH3 is 1. The Balaban J connectivity index is 2.11. The summed E-state index contributed by atoms with van der Waals surface area (Å²) in [7, 11) is 1.58. The Hall–Kier alpha value is -1.55. The van der Waals surface area contributed by atoms with Crippen LogP contribution >= 0.6 is 0 Å². The first-order valence-electron chi connectivity index (χ1n) is 6.80. The molecule has 1 amide bonds. The second-order valence-electron chi connectivity index (χ2n) is 5.21. The number of ether oxygens (including phenoxy) is 1. The van der Waals surface area contributed by atoms with Crippen LogP contribution in [-0.4, -0.2) is 31.6 Å². The number of carbonyl (C=O) groups is 1. The SMILES string of the molecule is COc1ccccc1C(=O)NC1C(C)CCNC1C. The minimum Gasteiger partial charge on any atom is -0.496 e. The van der Waals surface area contributed by atoms with Crippen LogP contribution in [0.5, 0.6) is 5.75 Å². The maximum Gasteiger partial charge on any atom is 0.255 e. The summed E-state index contributed by atoms with van der Waals surface area (Å²) in [6, 6.07) is 7.76. The van der Waals surface area contributed by atoms with E-state index in [2.05, 4.69) is 24.5 Å². The number of amides is 1. The molecule has 1 aliphatic heterocycles. The van der Waals surface area contributed by atoms with Crippen LogP contribution in [-0.2, 0) is 0 Å². The summed E-state index contributed by atoms with van der Waals surface area (Å²) in [5.74, 6) is 1.03. The van der Waals surface area contributed by atoms with Gasteiger partial charge in [-0.25, -0.2) is 0 Å². The zero-order valence-electron chi connectivity index (χ0n) is 11.8. The molecule has 0 saturated carbocycles. The fourth-order valence-electron chi connectivity index (χ4n) is 2.67. The van der Waals surface area contributed by atoms with Crippen molar-refractivity contribution in [2.75, 3.05) is 13.7 Å². The van der Waals surface area contributed by atoms with Gasteiger partial charge in [0.25, 0.3) is 5.91 Å². The molecule has 1 saturated heterocycles. The predicted octanol–water partition coefficient (Wildman–Crippen LogP) is 1.81. The van der Waals surface area contributed by atoms with Crippen LogP contribution in [0.3, 0.4) is 0 Å². The molecule has 3 unspecified atom stereocenters. The molecule has 2 N–H and O–H groups in total. The molecule has 0 aromatic heterocycles. The Morgan fingerprint density at radius 2 is 2.11 bits per heavy atom. The van der Waals surface area contributed by atoms with Crippen molar-refractivity contribution in [1.82, 2.24) is 10.6 Å². The van der Waals surface area contributed by atoms with Crippen molar-refractivity contribution in [3.8, 4) is 5.75 Å². The first kappa shape index (κ1) is 13.9. The molecular formula is C15H22N2O2. The van der Waals surface area contributed by atoms with Gasteiger partial charge in [0.15, 0.2) is 0 Å². The highest BCUT2D eigenvalue weighted by molar-refractivity contribution is 5.97. The Morgan fingerprint density at radius 3 is 2.79 bits per heavy atom. The van der Waals surface area contributed by atoms with Crippen LogP contribution in [0.4, 0.5) is 0 Å². The highest BCUT2D eigenvalue weighted by Crippen LogP contribution is 2.20. The molecule has 0 aliphatic carbocycles. The molecule has 1 fully saturated rings. The Bertz CT molecular complexity index is 438. The molecule has 0 bridgehead atoms. The Morgan fingerprint density at radius 1 is 1.37 bits per heavy atom. The minimum atomic E-state index is -0.0650. The van der Waals surface area contributed by atoms with E-state index in [-0.39, 0.29) is 11.9 Å². The van der Waals surface area contributed by atoms with Crippen LogP contribution < -0.4 is 15.4 Å². The number of benzene rings is 1. The van der Waals surface area contributed by atoms with Crippen molar-refractivity contribution in [2.45, 2.75) is 32.4 Å². The maximum absolute atomic E-state index is 12.4. The molecule has 4 nitrogen and oxygen atoms in total. The lowest BCUT2D eigenvalue weighted by molar-refractivity contribution is 0.0894. The van der Waals surface area contributed by atoms with E-state index >= 15 is 0 Å². The summed E-state index contributed by atoms with van der Waals surface area (Å²) < 4.78 is 5.23. The number of carbonyl (C=O) groups excluding carboxylic acids is 1. The van der Waals surface area contributed by atoms with Gasteiger partial charge < -0.3 is 15.4 Å². The first-order valence-corrected chi connectivity index (χ1v) is 6.80. The average Bonchev–Trinajstić information content (AvgIpc) is 2.42. The molecule has 19 heavy (non-hydrogen) atoms. The van der Waals surface area contributed by atoms with E-state index in [1.165, 1.54) is 0 Å². The molecule has 1 heterocycles. The zero-order chi connectivity index (χ0) is 13.8. The highest BCUT2D eigenvalue weighted by Gasteiger charge is 2.29. The van der Waals surface area contributed by atoms with E-state index in [1.807, 2.05) is 12.1 Å². The molecule has 104 valence electrons. The number of hydrogen-bond donors (Lipinski definition) is 2. The van der Waals surface area contributed by atoms with Gasteiger partial charge >= 0.3 is 0 Å². The average molecular weight is 262 g/mol. The monoisotopic (exact) mass is 262 g/mol. The molecule has 1 aromatic carbocycles. The maximum atomic E-state index is 12.4. The third-order valence-corrected chi connectivity index (χ3v) is 3.87. The number of nitrogens with one attached hydrogen (secondary N) is 2. The second kappa shape index (κ2) is 6.06. The summed E-state index contributed by atoms with van der Waals surface area (Å²) in [6.45, 7) is 5.32. The van der Waals surface area contributed by atoms with Gasteiger partial charge in [-0.15, -0.1) is 0 Å². The summed E-state index contributed by atoms with van der Waals surface area (Å²) in [5, 5.41) is 6.53. The van der Waals surface area contributed by atoms with Crippen molar-refractivity contribution >= 4 is 5.91 Å². The molecule has 2 rings (SSSR count). The van der Waals surface area contributed by atoms with Gasteiger partial charge in [0.05, 0.1) is 12.7 Å². The third kappa shape index (κ3) is 3.07. The van der Waals surface area contributed by atoms with Crippen LogP contribution in [0.2, 0.25) is 0 Å². The molecule has 1 aliphatic rings. The van der Waals surface area contributed by atoms with Crippen molar-refractivity contribution in [2.24, 2.45) is 5.92 Å². The second-order valence-corrected chi connectivity index (χ2v) is 5.21. The van der Waals surface area contributed by atoms with Crippen molar-refractivity contribution in [3.05, 3.63) is 29.8 Å². The largest absolute Gasteiger partial charge is 0.496 e. The van der Waals surface area contributed by atoms with E-state index < -0.39 is 0 Å². The summed E-state index contributed by atoms with van der Waals surface area (Å²) in [4.78, 5) is 12.4. The van der Waals surface area contributed by atoms with Gasteiger partial charge in [-0.05, 0) is 37.9 Å². The number of rotatable bonds is 3.